The van der Waals surface area contributed by atoms with Crippen molar-refractivity contribution in [2.24, 2.45) is 5.92 Å². The zero-order valence-corrected chi connectivity index (χ0v) is 11.1. The summed E-state index contributed by atoms with van der Waals surface area (Å²) < 4.78 is 18.4. The van der Waals surface area contributed by atoms with E-state index in [1.807, 2.05) is 12.2 Å². The first-order valence-electron chi connectivity index (χ1n) is 6.62. The Morgan fingerprint density at radius 2 is 2.14 bits per heavy atom. The lowest BCUT2D eigenvalue weighted by atomic mass is 9.83. The molecule has 0 radical (unpaired) electrons. The number of benzene rings is 1. The van der Waals surface area contributed by atoms with Crippen molar-refractivity contribution in [2.75, 3.05) is 0 Å². The van der Waals surface area contributed by atoms with E-state index in [2.05, 4.69) is 10.1 Å². The van der Waals surface area contributed by atoms with Crippen molar-refractivity contribution < 1.29 is 18.8 Å². The molecule has 5 nitrogen and oxygen atoms in total. The highest BCUT2D eigenvalue weighted by Crippen LogP contribution is 2.34. The summed E-state index contributed by atoms with van der Waals surface area (Å²) in [6.07, 6.45) is 4.74. The van der Waals surface area contributed by atoms with Gasteiger partial charge in [-0.25, -0.2) is 4.39 Å². The Kier molecular flexibility index (Phi) is 3.51. The van der Waals surface area contributed by atoms with Crippen molar-refractivity contribution in [3.05, 3.63) is 48.1 Å². The number of rotatable bonds is 3. The van der Waals surface area contributed by atoms with Crippen molar-refractivity contribution in [3.63, 3.8) is 0 Å². The maximum atomic E-state index is 13.2. The van der Waals surface area contributed by atoms with E-state index in [4.69, 9.17) is 4.52 Å². The first-order chi connectivity index (χ1) is 10.1. The molecule has 1 aromatic carbocycles. The van der Waals surface area contributed by atoms with Crippen LogP contribution in [0.5, 0.6) is 0 Å². The molecular formula is C15H13FN2O3. The van der Waals surface area contributed by atoms with Gasteiger partial charge in [0.2, 0.25) is 11.7 Å². The van der Waals surface area contributed by atoms with Crippen LogP contribution in [0.25, 0.3) is 11.4 Å². The van der Waals surface area contributed by atoms with E-state index in [-0.39, 0.29) is 23.5 Å². The van der Waals surface area contributed by atoms with Crippen molar-refractivity contribution >= 4 is 5.97 Å². The first-order valence-corrected chi connectivity index (χ1v) is 6.62. The van der Waals surface area contributed by atoms with Crippen LogP contribution in [0.4, 0.5) is 4.39 Å². The molecule has 0 unspecified atom stereocenters. The van der Waals surface area contributed by atoms with Gasteiger partial charge in [-0.2, -0.15) is 4.98 Å². The molecule has 1 heterocycles. The fourth-order valence-corrected chi connectivity index (χ4v) is 2.49. The van der Waals surface area contributed by atoms with Crippen LogP contribution in [0, 0.1) is 11.7 Å². The Morgan fingerprint density at radius 1 is 1.33 bits per heavy atom. The molecular weight excluding hydrogens is 275 g/mol. The molecule has 1 aliphatic rings. The third-order valence-electron chi connectivity index (χ3n) is 3.59. The SMILES string of the molecule is O=C(O)[C@H]1CC=CC[C@H]1c1nc(-c2cccc(F)c2)no1. The Labute approximate surface area is 120 Å². The third-order valence-corrected chi connectivity index (χ3v) is 3.59. The van der Waals surface area contributed by atoms with Gasteiger partial charge in [-0.1, -0.05) is 29.4 Å². The second kappa shape index (κ2) is 5.47. The van der Waals surface area contributed by atoms with Crippen LogP contribution in [0.3, 0.4) is 0 Å². The minimum atomic E-state index is -0.880. The van der Waals surface area contributed by atoms with Crippen molar-refractivity contribution in [1.29, 1.82) is 0 Å². The molecule has 0 fully saturated rings. The van der Waals surface area contributed by atoms with Crippen LogP contribution < -0.4 is 0 Å². The Bertz CT molecular complexity index is 696. The van der Waals surface area contributed by atoms with Gasteiger partial charge in [0.05, 0.1) is 11.8 Å². The lowest BCUT2D eigenvalue weighted by molar-refractivity contribution is -0.142. The first kappa shape index (κ1) is 13.5. The molecule has 1 N–H and O–H groups in total. The summed E-state index contributed by atoms with van der Waals surface area (Å²) in [4.78, 5) is 15.5. The van der Waals surface area contributed by atoms with Crippen LogP contribution >= 0.6 is 0 Å². The summed E-state index contributed by atoms with van der Waals surface area (Å²) in [5.74, 6) is -1.63. The van der Waals surface area contributed by atoms with Gasteiger partial charge in [0.1, 0.15) is 5.82 Å². The number of carbonyl (C=O) groups is 1. The Morgan fingerprint density at radius 3 is 2.90 bits per heavy atom. The molecule has 108 valence electrons. The number of nitrogens with zero attached hydrogens (tertiary/aromatic N) is 2. The highest BCUT2D eigenvalue weighted by Gasteiger charge is 2.34. The van der Waals surface area contributed by atoms with E-state index in [0.29, 0.717) is 18.4 Å². The highest BCUT2D eigenvalue weighted by molar-refractivity contribution is 5.71. The average Bonchev–Trinajstić information content (AvgIpc) is 2.97. The predicted molar refractivity (Wildman–Crippen MR) is 71.9 cm³/mol. The number of carboxylic acids is 1. The summed E-state index contributed by atoms with van der Waals surface area (Å²) in [5.41, 5.74) is 0.503. The molecule has 6 heteroatoms. The highest BCUT2D eigenvalue weighted by atomic mass is 19.1. The van der Waals surface area contributed by atoms with Crippen LogP contribution in [0.2, 0.25) is 0 Å². The van der Waals surface area contributed by atoms with Crippen LogP contribution in [-0.4, -0.2) is 21.2 Å². The van der Waals surface area contributed by atoms with E-state index >= 15 is 0 Å². The van der Waals surface area contributed by atoms with E-state index in [9.17, 15) is 14.3 Å². The molecule has 0 spiro atoms. The molecule has 0 saturated carbocycles. The lowest BCUT2D eigenvalue weighted by Gasteiger charge is -2.21. The average molecular weight is 288 g/mol. The van der Waals surface area contributed by atoms with Gasteiger partial charge < -0.3 is 9.63 Å². The molecule has 3 rings (SSSR count). The lowest BCUT2D eigenvalue weighted by Crippen LogP contribution is -2.23. The number of carboxylic acid groups (broad SMARTS) is 1. The number of hydrogen-bond acceptors (Lipinski definition) is 4. The number of halogens is 1. The monoisotopic (exact) mass is 288 g/mol. The molecule has 0 saturated heterocycles. The minimum Gasteiger partial charge on any atom is -0.481 e. The van der Waals surface area contributed by atoms with E-state index < -0.39 is 11.9 Å². The van der Waals surface area contributed by atoms with Crippen LogP contribution in [0.1, 0.15) is 24.7 Å². The largest absolute Gasteiger partial charge is 0.481 e. The summed E-state index contributed by atoms with van der Waals surface area (Å²) in [7, 11) is 0. The van der Waals surface area contributed by atoms with Gasteiger partial charge in [-0.15, -0.1) is 0 Å². The number of hydrogen-bond donors (Lipinski definition) is 1. The van der Waals surface area contributed by atoms with Gasteiger partial charge >= 0.3 is 5.97 Å². The second-order valence-corrected chi connectivity index (χ2v) is 4.96. The van der Waals surface area contributed by atoms with Gasteiger partial charge in [0.25, 0.3) is 0 Å². The number of allylic oxidation sites excluding steroid dienone is 2. The van der Waals surface area contributed by atoms with Crippen LogP contribution in [0.15, 0.2) is 40.9 Å². The topological polar surface area (TPSA) is 76.2 Å². The molecule has 1 aliphatic carbocycles. The quantitative estimate of drug-likeness (QED) is 0.878. The third kappa shape index (κ3) is 2.69. The van der Waals surface area contributed by atoms with Crippen molar-refractivity contribution in [1.82, 2.24) is 10.1 Å². The number of aromatic nitrogens is 2. The maximum Gasteiger partial charge on any atom is 0.307 e. The van der Waals surface area contributed by atoms with E-state index in [1.54, 1.807) is 12.1 Å². The number of aliphatic carboxylic acids is 1. The normalized spacial score (nSPS) is 21.4. The van der Waals surface area contributed by atoms with Crippen molar-refractivity contribution in [2.45, 2.75) is 18.8 Å². The fourth-order valence-electron chi connectivity index (χ4n) is 2.49. The predicted octanol–water partition coefficient (Wildman–Crippen LogP) is 3.01. The molecule has 1 aromatic heterocycles. The summed E-state index contributed by atoms with van der Waals surface area (Å²) in [5, 5.41) is 13.1. The fraction of sp³-hybridized carbons (Fsp3) is 0.267. The maximum absolute atomic E-state index is 13.2. The standard InChI is InChI=1S/C15H13FN2O3/c16-10-5-3-4-9(8-10)13-17-14(21-18-13)11-6-1-2-7-12(11)15(19)20/h1-5,8,11-12H,6-7H2,(H,19,20)/t11-,12+/m1/s1. The molecule has 2 atom stereocenters. The Balaban J connectivity index is 1.91. The van der Waals surface area contributed by atoms with Gasteiger partial charge in [-0.3, -0.25) is 4.79 Å². The van der Waals surface area contributed by atoms with E-state index in [0.717, 1.165) is 0 Å². The van der Waals surface area contributed by atoms with E-state index in [1.165, 1.54) is 12.1 Å². The zero-order valence-electron chi connectivity index (χ0n) is 11.1. The molecule has 0 bridgehead atoms. The van der Waals surface area contributed by atoms with Gasteiger partial charge in [0, 0.05) is 5.56 Å². The van der Waals surface area contributed by atoms with Gasteiger partial charge in [-0.05, 0) is 25.0 Å². The summed E-state index contributed by atoms with van der Waals surface area (Å²) in [6, 6.07) is 5.87. The molecule has 0 amide bonds. The smallest absolute Gasteiger partial charge is 0.307 e. The van der Waals surface area contributed by atoms with Crippen LogP contribution in [-0.2, 0) is 4.79 Å². The van der Waals surface area contributed by atoms with Crippen molar-refractivity contribution in [3.8, 4) is 11.4 Å². The van der Waals surface area contributed by atoms with Gasteiger partial charge in [0.15, 0.2) is 0 Å². The Hall–Kier alpha value is -2.50. The summed E-state index contributed by atoms with van der Waals surface area (Å²) in [6.45, 7) is 0. The molecule has 0 aliphatic heterocycles. The minimum absolute atomic E-state index is 0.267. The summed E-state index contributed by atoms with van der Waals surface area (Å²) >= 11 is 0. The second-order valence-electron chi connectivity index (χ2n) is 4.96. The molecule has 2 aromatic rings. The molecule has 21 heavy (non-hydrogen) atoms. The zero-order chi connectivity index (χ0) is 14.8.